The lowest BCUT2D eigenvalue weighted by Gasteiger charge is -2.17. The maximum Gasteiger partial charge on any atom is 0.328 e. The van der Waals surface area contributed by atoms with Gasteiger partial charge in [0.15, 0.2) is 11.2 Å². The predicted molar refractivity (Wildman–Crippen MR) is 132 cm³/mol. The molecule has 0 aliphatic heterocycles. The molecule has 0 radical (unpaired) electrons. The number of hydrogen-bond acceptors (Lipinski definition) is 6. The van der Waals surface area contributed by atoms with Crippen LogP contribution in [-0.4, -0.2) is 39.2 Å². The van der Waals surface area contributed by atoms with Crippen LogP contribution in [0, 0.1) is 5.82 Å². The van der Waals surface area contributed by atoms with Gasteiger partial charge in [-0.25, -0.2) is 14.2 Å². The van der Waals surface area contributed by atoms with Crippen molar-refractivity contribution in [2.24, 2.45) is 0 Å². The Labute approximate surface area is 199 Å². The molecule has 0 unspecified atom stereocenters. The number of anilines is 2. The molecule has 4 N–H and O–H groups in total. The van der Waals surface area contributed by atoms with Crippen LogP contribution < -0.4 is 10.6 Å². The van der Waals surface area contributed by atoms with Crippen molar-refractivity contribution in [3.8, 4) is 11.1 Å². The van der Waals surface area contributed by atoms with Crippen LogP contribution in [0.5, 0.6) is 0 Å². The molecule has 0 spiro atoms. The molecular formula is C25H24FN3O4S. The number of aliphatic hydroxyl groups excluding tert-OH is 1. The number of hydrogen-bond donors (Lipinski definition) is 4. The van der Waals surface area contributed by atoms with Crippen LogP contribution in [0.3, 0.4) is 0 Å². The fourth-order valence-corrected chi connectivity index (χ4v) is 4.16. The summed E-state index contributed by atoms with van der Waals surface area (Å²) in [4.78, 5) is 27.9. The molecule has 9 heteroatoms. The predicted octanol–water partition coefficient (Wildman–Crippen LogP) is 5.05. The third-order valence-corrected chi connectivity index (χ3v) is 5.94. The highest BCUT2D eigenvalue weighted by atomic mass is 32.1. The van der Waals surface area contributed by atoms with Crippen molar-refractivity contribution in [1.29, 1.82) is 0 Å². The second kappa shape index (κ2) is 10.4. The van der Waals surface area contributed by atoms with E-state index in [-0.39, 0.29) is 18.8 Å². The van der Waals surface area contributed by atoms with Crippen LogP contribution in [0.2, 0.25) is 0 Å². The summed E-state index contributed by atoms with van der Waals surface area (Å²) in [5.41, 5.74) is 3.64. The molecule has 34 heavy (non-hydrogen) atoms. The van der Waals surface area contributed by atoms with Crippen molar-refractivity contribution in [3.05, 3.63) is 78.1 Å². The Hall–Kier alpha value is -3.82. The number of carboxylic acids is 1. The zero-order valence-electron chi connectivity index (χ0n) is 17.4. The molecule has 0 aliphatic rings. The van der Waals surface area contributed by atoms with E-state index in [2.05, 4.69) is 15.6 Å². The number of carboxylic acid groups (broad SMARTS) is 1. The molecule has 176 valence electrons. The first kappa shape index (κ1) is 24.8. The Morgan fingerprint density at radius 2 is 1.62 bits per heavy atom. The number of aliphatic carboxylic acids is 1. The van der Waals surface area contributed by atoms with Gasteiger partial charge in [0.2, 0.25) is 0 Å². The summed E-state index contributed by atoms with van der Waals surface area (Å²) in [6, 6.07) is 17.4. The summed E-state index contributed by atoms with van der Waals surface area (Å²) in [6.07, 6.45) is -1.22. The molecule has 0 aliphatic carbocycles. The standard InChI is InChI=1S/C24H20FN3O4S.CH4/c1-13(29)21(23(31)32)28-22(30)16-4-2-14(3-5-16)15-6-9-18(10-7-15)26-24-27-19-11-8-17(25)12-20(19)33-24;/h2-13,21,29H,1H3,(H,26,27)(H,28,30)(H,31,32);1H4/t13-,21+;/m1./s1. The molecule has 7 nitrogen and oxygen atoms in total. The minimum atomic E-state index is -1.38. The molecule has 3 aromatic carbocycles. The van der Waals surface area contributed by atoms with E-state index >= 15 is 0 Å². The second-order valence-corrected chi connectivity index (χ2v) is 8.47. The number of rotatable bonds is 7. The highest BCUT2D eigenvalue weighted by Crippen LogP contribution is 2.30. The van der Waals surface area contributed by atoms with Gasteiger partial charge in [-0.15, -0.1) is 0 Å². The van der Waals surface area contributed by atoms with Gasteiger partial charge in [0.1, 0.15) is 5.82 Å². The van der Waals surface area contributed by atoms with Crippen LogP contribution in [0.1, 0.15) is 24.7 Å². The molecule has 0 saturated carbocycles. The molecule has 4 aromatic rings. The summed E-state index contributed by atoms with van der Waals surface area (Å²) in [5, 5.41) is 24.8. The fourth-order valence-electron chi connectivity index (χ4n) is 3.25. The number of fused-ring (bicyclic) bond motifs is 1. The molecular weight excluding hydrogens is 457 g/mol. The van der Waals surface area contributed by atoms with Crippen molar-refractivity contribution in [2.45, 2.75) is 26.5 Å². The van der Waals surface area contributed by atoms with E-state index < -0.39 is 24.0 Å². The fraction of sp³-hybridized carbons (Fsp3) is 0.160. The Bertz CT molecular complexity index is 1300. The number of halogens is 1. The Kier molecular flexibility index (Phi) is 7.60. The van der Waals surface area contributed by atoms with Crippen molar-refractivity contribution in [1.82, 2.24) is 10.3 Å². The average Bonchev–Trinajstić information content (AvgIpc) is 3.18. The molecule has 1 aromatic heterocycles. The Morgan fingerprint density at radius 3 is 2.21 bits per heavy atom. The summed E-state index contributed by atoms with van der Waals surface area (Å²) >= 11 is 1.37. The van der Waals surface area contributed by atoms with Crippen LogP contribution in [0.4, 0.5) is 15.2 Å². The van der Waals surface area contributed by atoms with Gasteiger partial charge >= 0.3 is 5.97 Å². The van der Waals surface area contributed by atoms with E-state index in [1.54, 1.807) is 30.3 Å². The highest BCUT2D eigenvalue weighted by Gasteiger charge is 2.25. The largest absolute Gasteiger partial charge is 0.480 e. The van der Waals surface area contributed by atoms with Crippen molar-refractivity contribution in [2.75, 3.05) is 5.32 Å². The molecule has 0 fully saturated rings. The van der Waals surface area contributed by atoms with Gasteiger partial charge in [0.25, 0.3) is 5.91 Å². The number of benzene rings is 3. The van der Waals surface area contributed by atoms with Gasteiger partial charge in [0.05, 0.1) is 16.3 Å². The summed E-state index contributed by atoms with van der Waals surface area (Å²) in [5.74, 6) is -2.18. The van der Waals surface area contributed by atoms with E-state index in [0.717, 1.165) is 27.0 Å². The van der Waals surface area contributed by atoms with Crippen molar-refractivity contribution in [3.63, 3.8) is 0 Å². The van der Waals surface area contributed by atoms with Crippen LogP contribution in [0.15, 0.2) is 66.7 Å². The van der Waals surface area contributed by atoms with E-state index in [4.69, 9.17) is 5.11 Å². The summed E-state index contributed by atoms with van der Waals surface area (Å²) < 4.78 is 14.1. The number of carbonyl (C=O) groups excluding carboxylic acids is 1. The van der Waals surface area contributed by atoms with Crippen LogP contribution >= 0.6 is 11.3 Å². The molecule has 1 amide bonds. The van der Waals surface area contributed by atoms with Crippen molar-refractivity contribution >= 4 is 44.2 Å². The van der Waals surface area contributed by atoms with Crippen LogP contribution in [-0.2, 0) is 4.79 Å². The maximum atomic E-state index is 13.4. The van der Waals surface area contributed by atoms with Gasteiger partial charge in [-0.2, -0.15) is 0 Å². The van der Waals surface area contributed by atoms with Gasteiger partial charge in [-0.05, 0) is 60.5 Å². The van der Waals surface area contributed by atoms with Gasteiger partial charge in [0, 0.05) is 11.3 Å². The first-order chi connectivity index (χ1) is 15.8. The smallest absolute Gasteiger partial charge is 0.328 e. The number of aliphatic hydroxyl groups is 1. The van der Waals surface area contributed by atoms with E-state index in [0.29, 0.717) is 5.13 Å². The summed E-state index contributed by atoms with van der Waals surface area (Å²) in [7, 11) is 0. The average molecular weight is 482 g/mol. The number of thiazole rings is 1. The molecule has 0 saturated heterocycles. The first-order valence-corrected chi connectivity index (χ1v) is 10.9. The Balaban J connectivity index is 0.00000324. The van der Waals surface area contributed by atoms with Gasteiger partial charge < -0.3 is 20.8 Å². The maximum absolute atomic E-state index is 13.4. The number of nitrogens with one attached hydrogen (secondary N) is 2. The quantitative estimate of drug-likeness (QED) is 0.294. The topological polar surface area (TPSA) is 112 Å². The zero-order chi connectivity index (χ0) is 23.5. The van der Waals surface area contributed by atoms with E-state index in [1.165, 1.54) is 30.4 Å². The SMILES string of the molecule is C.C[C@@H](O)[C@H](NC(=O)c1ccc(-c2ccc(Nc3nc4ccc(F)cc4s3)cc2)cc1)C(=O)O. The minimum Gasteiger partial charge on any atom is -0.480 e. The van der Waals surface area contributed by atoms with E-state index in [9.17, 15) is 19.1 Å². The zero-order valence-corrected chi connectivity index (χ0v) is 18.3. The third kappa shape index (κ3) is 5.56. The van der Waals surface area contributed by atoms with Gasteiger partial charge in [-0.3, -0.25) is 4.79 Å². The number of nitrogens with zero attached hydrogens (tertiary/aromatic N) is 1. The molecule has 1 heterocycles. The third-order valence-electron chi connectivity index (χ3n) is 5.00. The first-order valence-electron chi connectivity index (χ1n) is 10.1. The lowest BCUT2D eigenvalue weighted by molar-refractivity contribution is -0.141. The summed E-state index contributed by atoms with van der Waals surface area (Å²) in [6.45, 7) is 1.30. The normalized spacial score (nSPS) is 12.4. The van der Waals surface area contributed by atoms with Crippen molar-refractivity contribution < 1.29 is 24.2 Å². The number of aromatic nitrogens is 1. The Morgan fingerprint density at radius 1 is 1.00 bits per heavy atom. The number of amides is 1. The lowest BCUT2D eigenvalue weighted by atomic mass is 10.0. The number of carbonyl (C=O) groups is 2. The van der Waals surface area contributed by atoms with E-state index in [1.807, 2.05) is 24.3 Å². The monoisotopic (exact) mass is 481 g/mol. The molecule has 2 atom stereocenters. The molecule has 0 bridgehead atoms. The lowest BCUT2D eigenvalue weighted by Crippen LogP contribution is -2.47. The highest BCUT2D eigenvalue weighted by molar-refractivity contribution is 7.22. The van der Waals surface area contributed by atoms with Gasteiger partial charge in [-0.1, -0.05) is 43.0 Å². The minimum absolute atomic E-state index is 0. The van der Waals surface area contributed by atoms with Crippen LogP contribution in [0.25, 0.3) is 21.3 Å². The molecule has 4 rings (SSSR count). The second-order valence-electron chi connectivity index (χ2n) is 7.44.